The van der Waals surface area contributed by atoms with Crippen molar-refractivity contribution in [3.8, 4) is 5.75 Å². The van der Waals surface area contributed by atoms with Gasteiger partial charge in [-0.25, -0.2) is 0 Å². The van der Waals surface area contributed by atoms with Gasteiger partial charge < -0.3 is 10.1 Å². The summed E-state index contributed by atoms with van der Waals surface area (Å²) in [6.45, 7) is 2.19. The van der Waals surface area contributed by atoms with Gasteiger partial charge >= 0.3 is 0 Å². The lowest BCUT2D eigenvalue weighted by Gasteiger charge is -2.19. The van der Waals surface area contributed by atoms with Crippen LogP contribution in [0, 0.1) is 0 Å². The number of hydrogen-bond donors (Lipinski definition) is 1. The van der Waals surface area contributed by atoms with Crippen molar-refractivity contribution >= 4 is 23.2 Å². The van der Waals surface area contributed by atoms with Gasteiger partial charge in [-0.1, -0.05) is 12.1 Å². The van der Waals surface area contributed by atoms with E-state index in [1.165, 1.54) is 6.92 Å². The first kappa shape index (κ1) is 9.15. The molecule has 1 aromatic rings. The number of carbonyl (C=O) groups excluding carboxylic acids is 1. The van der Waals surface area contributed by atoms with Crippen molar-refractivity contribution in [3.63, 3.8) is 0 Å². The van der Waals surface area contributed by atoms with Gasteiger partial charge in [-0.05, 0) is 25.2 Å². The van der Waals surface area contributed by atoms with E-state index in [0.29, 0.717) is 23.0 Å². The molecule has 2 rings (SSSR count). The van der Waals surface area contributed by atoms with Crippen LogP contribution in [0.2, 0.25) is 0 Å². The molecule has 14 heavy (non-hydrogen) atoms. The molecule has 0 aromatic heterocycles. The molecule has 1 N–H and O–H groups in total. The van der Waals surface area contributed by atoms with Gasteiger partial charge in [-0.3, -0.25) is 4.79 Å². The molecule has 0 unspecified atom stereocenters. The Kier molecular flexibility index (Phi) is 2.21. The molecule has 0 radical (unpaired) electrons. The third kappa shape index (κ3) is 1.61. The third-order valence-electron chi connectivity index (χ3n) is 2.10. The Balaban J connectivity index is 2.42. The third-order valence-corrected chi connectivity index (χ3v) is 2.33. The van der Waals surface area contributed by atoms with E-state index in [0.717, 1.165) is 5.56 Å². The summed E-state index contributed by atoms with van der Waals surface area (Å²) in [6, 6.07) is 5.40. The zero-order valence-corrected chi connectivity index (χ0v) is 8.48. The van der Waals surface area contributed by atoms with Crippen LogP contribution >= 0.6 is 12.2 Å². The van der Waals surface area contributed by atoms with E-state index < -0.39 is 0 Å². The molecule has 1 aliphatic heterocycles. The van der Waals surface area contributed by atoms with Gasteiger partial charge in [0.05, 0.1) is 0 Å². The van der Waals surface area contributed by atoms with E-state index in [4.69, 9.17) is 17.0 Å². The highest BCUT2D eigenvalue weighted by molar-refractivity contribution is 7.80. The molecule has 1 aliphatic rings. The maximum absolute atomic E-state index is 11.1. The van der Waals surface area contributed by atoms with Crippen LogP contribution in [-0.2, 0) is 6.54 Å². The van der Waals surface area contributed by atoms with Gasteiger partial charge in [-0.2, -0.15) is 0 Å². The van der Waals surface area contributed by atoms with Crippen LogP contribution in [-0.4, -0.2) is 11.0 Å². The molecule has 0 atom stereocenters. The second-order valence-electron chi connectivity index (χ2n) is 3.12. The minimum absolute atomic E-state index is 0.0286. The lowest BCUT2D eigenvalue weighted by Crippen LogP contribution is -2.30. The lowest BCUT2D eigenvalue weighted by atomic mass is 10.1. The summed E-state index contributed by atoms with van der Waals surface area (Å²) in [5.74, 6) is 0.710. The summed E-state index contributed by atoms with van der Waals surface area (Å²) in [5.41, 5.74) is 1.66. The Morgan fingerprint density at radius 2 is 2.36 bits per heavy atom. The van der Waals surface area contributed by atoms with Gasteiger partial charge in [0.25, 0.3) is 5.17 Å². The molecule has 0 spiro atoms. The van der Waals surface area contributed by atoms with Crippen molar-refractivity contribution in [2.45, 2.75) is 13.5 Å². The van der Waals surface area contributed by atoms with Gasteiger partial charge in [0.2, 0.25) is 0 Å². The summed E-state index contributed by atoms with van der Waals surface area (Å²) >= 11 is 4.87. The molecule has 4 heteroatoms. The number of nitrogens with one attached hydrogen (secondary N) is 1. The smallest absolute Gasteiger partial charge is 0.262 e. The van der Waals surface area contributed by atoms with Gasteiger partial charge in [-0.15, -0.1) is 0 Å². The fourth-order valence-electron chi connectivity index (χ4n) is 1.32. The molecule has 1 aromatic carbocycles. The van der Waals surface area contributed by atoms with Crippen molar-refractivity contribution in [1.82, 2.24) is 5.32 Å². The predicted octanol–water partition coefficient (Wildman–Crippen LogP) is 1.66. The van der Waals surface area contributed by atoms with E-state index in [1.54, 1.807) is 12.1 Å². The zero-order chi connectivity index (χ0) is 10.1. The van der Waals surface area contributed by atoms with Crippen LogP contribution in [0.3, 0.4) is 0 Å². The molecule has 0 aliphatic carbocycles. The minimum Gasteiger partial charge on any atom is -0.432 e. The molecule has 0 saturated carbocycles. The van der Waals surface area contributed by atoms with E-state index in [2.05, 4.69) is 5.32 Å². The van der Waals surface area contributed by atoms with E-state index in [-0.39, 0.29) is 5.78 Å². The zero-order valence-electron chi connectivity index (χ0n) is 7.66. The number of thiocarbonyl (C=S) groups is 1. The highest BCUT2D eigenvalue weighted by atomic mass is 32.1. The summed E-state index contributed by atoms with van der Waals surface area (Å²) in [4.78, 5) is 11.1. The largest absolute Gasteiger partial charge is 0.432 e. The van der Waals surface area contributed by atoms with Crippen molar-refractivity contribution < 1.29 is 9.53 Å². The van der Waals surface area contributed by atoms with Crippen LogP contribution in [0.25, 0.3) is 0 Å². The average Bonchev–Trinajstić information content (AvgIpc) is 2.16. The van der Waals surface area contributed by atoms with Crippen molar-refractivity contribution in [2.24, 2.45) is 0 Å². The Hall–Kier alpha value is -1.42. The molecule has 3 nitrogen and oxygen atoms in total. The molecular weight excluding hydrogens is 198 g/mol. The minimum atomic E-state index is 0.0286. The van der Waals surface area contributed by atoms with Crippen LogP contribution in [0.15, 0.2) is 18.2 Å². The molecule has 0 amide bonds. The topological polar surface area (TPSA) is 38.3 Å². The first-order valence-corrected chi connectivity index (χ1v) is 4.67. The Morgan fingerprint density at radius 1 is 1.57 bits per heavy atom. The molecule has 0 fully saturated rings. The van der Waals surface area contributed by atoms with Gasteiger partial charge in [0, 0.05) is 17.7 Å². The summed E-state index contributed by atoms with van der Waals surface area (Å²) < 4.78 is 5.29. The first-order valence-electron chi connectivity index (χ1n) is 4.26. The SMILES string of the molecule is CC(=O)c1ccc2c(c1)OC(=S)NC2. The number of ether oxygens (including phenoxy) is 1. The Labute approximate surface area is 87.1 Å². The van der Waals surface area contributed by atoms with Gasteiger partial charge in [0.1, 0.15) is 5.75 Å². The predicted molar refractivity (Wildman–Crippen MR) is 56.5 cm³/mol. The standard InChI is InChI=1S/C10H9NO2S/c1-6(12)7-2-3-8-5-11-10(14)13-9(8)4-7/h2-4H,5H2,1H3,(H,11,14). The molecule has 0 saturated heterocycles. The number of hydrogen-bond acceptors (Lipinski definition) is 3. The van der Waals surface area contributed by atoms with E-state index in [9.17, 15) is 4.79 Å². The van der Waals surface area contributed by atoms with Crippen molar-refractivity contribution in [3.05, 3.63) is 29.3 Å². The van der Waals surface area contributed by atoms with Crippen molar-refractivity contribution in [2.75, 3.05) is 0 Å². The van der Waals surface area contributed by atoms with Crippen LogP contribution in [0.5, 0.6) is 5.75 Å². The number of fused-ring (bicyclic) bond motifs is 1. The molecule has 1 heterocycles. The molecule has 0 bridgehead atoms. The number of carbonyl (C=O) groups is 1. The highest BCUT2D eigenvalue weighted by Crippen LogP contribution is 2.23. The fourth-order valence-corrected chi connectivity index (χ4v) is 1.48. The van der Waals surface area contributed by atoms with Crippen LogP contribution < -0.4 is 10.1 Å². The number of benzene rings is 1. The van der Waals surface area contributed by atoms with Gasteiger partial charge in [0.15, 0.2) is 5.78 Å². The van der Waals surface area contributed by atoms with E-state index in [1.807, 2.05) is 6.07 Å². The lowest BCUT2D eigenvalue weighted by molar-refractivity contribution is 0.101. The van der Waals surface area contributed by atoms with Crippen LogP contribution in [0.1, 0.15) is 22.8 Å². The first-order chi connectivity index (χ1) is 6.66. The Bertz CT molecular complexity index is 415. The number of Topliss-reactive ketones (excluding diaryl/α,β-unsaturated/α-hetero) is 1. The monoisotopic (exact) mass is 207 g/mol. The maximum atomic E-state index is 11.1. The molecular formula is C10H9NO2S. The summed E-state index contributed by atoms with van der Waals surface area (Å²) in [5, 5.41) is 3.27. The normalized spacial score (nSPS) is 13.9. The number of rotatable bonds is 1. The second kappa shape index (κ2) is 3.38. The quantitative estimate of drug-likeness (QED) is 0.561. The van der Waals surface area contributed by atoms with Crippen molar-refractivity contribution in [1.29, 1.82) is 0 Å². The second-order valence-corrected chi connectivity index (χ2v) is 3.49. The summed E-state index contributed by atoms with van der Waals surface area (Å²) in [7, 11) is 0. The fraction of sp³-hybridized carbons (Fsp3) is 0.200. The summed E-state index contributed by atoms with van der Waals surface area (Å²) in [6.07, 6.45) is 0. The average molecular weight is 207 g/mol. The number of ketones is 1. The van der Waals surface area contributed by atoms with E-state index >= 15 is 0 Å². The Morgan fingerprint density at radius 3 is 3.07 bits per heavy atom. The maximum Gasteiger partial charge on any atom is 0.262 e. The highest BCUT2D eigenvalue weighted by Gasteiger charge is 2.14. The van der Waals surface area contributed by atoms with Crippen LogP contribution in [0.4, 0.5) is 0 Å². The molecule has 72 valence electrons.